The van der Waals surface area contributed by atoms with E-state index in [2.05, 4.69) is 38.2 Å². The molecule has 1 amide bonds. The molecule has 1 rings (SSSR count). The van der Waals surface area contributed by atoms with Crippen LogP contribution < -0.4 is 5.32 Å². The summed E-state index contributed by atoms with van der Waals surface area (Å²) in [6, 6.07) is 8.37. The normalized spacial score (nSPS) is 12.6. The van der Waals surface area contributed by atoms with Gasteiger partial charge in [0.2, 0.25) is 5.91 Å². The smallest absolute Gasteiger partial charge is 0.217 e. The molecule has 0 aliphatic heterocycles. The van der Waals surface area contributed by atoms with Crippen molar-refractivity contribution in [1.82, 2.24) is 5.32 Å². The number of hydrogen-bond acceptors (Lipinski definition) is 1. The van der Waals surface area contributed by atoms with Crippen molar-refractivity contribution in [3.63, 3.8) is 0 Å². The maximum Gasteiger partial charge on any atom is 0.217 e. The Morgan fingerprint density at radius 3 is 2.44 bits per heavy atom. The summed E-state index contributed by atoms with van der Waals surface area (Å²) in [5.74, 6) is 0.602. The molecule has 0 heterocycles. The molecule has 0 saturated carbocycles. The van der Waals surface area contributed by atoms with E-state index in [-0.39, 0.29) is 11.9 Å². The number of hydrogen-bond donors (Lipinski definition) is 1. The fraction of sp³-hybridized carbons (Fsp3) is 0.500. The summed E-state index contributed by atoms with van der Waals surface area (Å²) in [4.78, 5) is 11.2. The minimum atomic E-state index is 0.0360. The second-order valence-corrected chi connectivity index (χ2v) is 4.74. The van der Waals surface area contributed by atoms with E-state index in [0.29, 0.717) is 5.92 Å². The molecule has 0 bridgehead atoms. The van der Waals surface area contributed by atoms with Crippen LogP contribution in [-0.2, 0) is 4.79 Å². The second kappa shape index (κ2) is 5.69. The molecule has 0 aliphatic rings. The zero-order chi connectivity index (χ0) is 12.1. The van der Waals surface area contributed by atoms with Crippen LogP contribution in [0.25, 0.3) is 0 Å². The first-order valence-corrected chi connectivity index (χ1v) is 5.83. The molecule has 1 unspecified atom stereocenters. The molecule has 1 N–H and O–H groups in total. The summed E-state index contributed by atoms with van der Waals surface area (Å²) in [5, 5.41) is 3.03. The van der Waals surface area contributed by atoms with Gasteiger partial charge in [0.05, 0.1) is 6.04 Å². The number of aryl methyl sites for hydroxylation is 1. The Balaban J connectivity index is 2.91. The molecule has 1 aromatic carbocycles. The van der Waals surface area contributed by atoms with Gasteiger partial charge in [-0.05, 0) is 30.4 Å². The van der Waals surface area contributed by atoms with E-state index in [1.807, 2.05) is 12.1 Å². The molecule has 0 spiro atoms. The maximum absolute atomic E-state index is 11.2. The van der Waals surface area contributed by atoms with Gasteiger partial charge in [0.25, 0.3) is 0 Å². The summed E-state index contributed by atoms with van der Waals surface area (Å²) in [7, 11) is 0. The summed E-state index contributed by atoms with van der Waals surface area (Å²) < 4.78 is 0. The Bertz CT molecular complexity index is 358. The predicted molar refractivity (Wildman–Crippen MR) is 67.2 cm³/mol. The number of rotatable bonds is 4. The van der Waals surface area contributed by atoms with Crippen LogP contribution in [0.5, 0.6) is 0 Å². The Hall–Kier alpha value is -1.31. The Morgan fingerprint density at radius 2 is 1.94 bits per heavy atom. The van der Waals surface area contributed by atoms with E-state index < -0.39 is 0 Å². The van der Waals surface area contributed by atoms with E-state index in [1.165, 1.54) is 11.1 Å². The van der Waals surface area contributed by atoms with Gasteiger partial charge in [0.15, 0.2) is 0 Å². The topological polar surface area (TPSA) is 29.1 Å². The van der Waals surface area contributed by atoms with Gasteiger partial charge in [-0.15, -0.1) is 0 Å². The lowest BCUT2D eigenvalue weighted by Crippen LogP contribution is -2.27. The summed E-state index contributed by atoms with van der Waals surface area (Å²) >= 11 is 0. The van der Waals surface area contributed by atoms with Gasteiger partial charge in [0, 0.05) is 6.92 Å². The monoisotopic (exact) mass is 219 g/mol. The average molecular weight is 219 g/mol. The molecule has 0 saturated heterocycles. The molecule has 2 heteroatoms. The molecule has 16 heavy (non-hydrogen) atoms. The quantitative estimate of drug-likeness (QED) is 0.827. The van der Waals surface area contributed by atoms with E-state index >= 15 is 0 Å². The van der Waals surface area contributed by atoms with Gasteiger partial charge < -0.3 is 5.32 Å². The second-order valence-electron chi connectivity index (χ2n) is 4.74. The first-order valence-electron chi connectivity index (χ1n) is 5.83. The van der Waals surface area contributed by atoms with E-state index in [9.17, 15) is 4.79 Å². The molecule has 0 fully saturated rings. The lowest BCUT2D eigenvalue weighted by atomic mass is 9.94. The van der Waals surface area contributed by atoms with Gasteiger partial charge in [-0.1, -0.05) is 38.1 Å². The first-order chi connectivity index (χ1) is 7.50. The van der Waals surface area contributed by atoms with Crippen LogP contribution in [0.3, 0.4) is 0 Å². The maximum atomic E-state index is 11.2. The molecular weight excluding hydrogens is 198 g/mol. The van der Waals surface area contributed by atoms with Crippen LogP contribution in [0.15, 0.2) is 24.3 Å². The standard InChI is InChI=1S/C14H21NO/c1-10(2)9-14(15-12(4)16)13-8-6-5-7-11(13)3/h5-8,10,14H,9H2,1-4H3,(H,15,16). The average Bonchev–Trinajstić information content (AvgIpc) is 2.15. The number of amides is 1. The fourth-order valence-corrected chi connectivity index (χ4v) is 1.96. The van der Waals surface area contributed by atoms with Crippen molar-refractivity contribution in [2.24, 2.45) is 5.92 Å². The lowest BCUT2D eigenvalue weighted by Gasteiger charge is -2.22. The van der Waals surface area contributed by atoms with Gasteiger partial charge in [-0.3, -0.25) is 4.79 Å². The van der Waals surface area contributed by atoms with Crippen LogP contribution in [0, 0.1) is 12.8 Å². The Morgan fingerprint density at radius 1 is 1.31 bits per heavy atom. The van der Waals surface area contributed by atoms with Crippen LogP contribution in [0.2, 0.25) is 0 Å². The minimum absolute atomic E-state index is 0.0360. The third kappa shape index (κ3) is 3.69. The predicted octanol–water partition coefficient (Wildman–Crippen LogP) is 3.22. The molecule has 0 aromatic heterocycles. The lowest BCUT2D eigenvalue weighted by molar-refractivity contribution is -0.119. The van der Waals surface area contributed by atoms with Crippen molar-refractivity contribution < 1.29 is 4.79 Å². The molecule has 0 radical (unpaired) electrons. The van der Waals surface area contributed by atoms with Crippen molar-refractivity contribution in [3.05, 3.63) is 35.4 Å². The van der Waals surface area contributed by atoms with Crippen molar-refractivity contribution in [2.45, 2.75) is 40.2 Å². The highest BCUT2D eigenvalue weighted by Gasteiger charge is 2.15. The minimum Gasteiger partial charge on any atom is -0.350 e. The molecule has 1 aromatic rings. The van der Waals surface area contributed by atoms with Crippen molar-refractivity contribution in [3.8, 4) is 0 Å². The van der Waals surface area contributed by atoms with Gasteiger partial charge in [0.1, 0.15) is 0 Å². The zero-order valence-corrected chi connectivity index (χ0v) is 10.6. The number of nitrogens with one attached hydrogen (secondary N) is 1. The highest BCUT2D eigenvalue weighted by Crippen LogP contribution is 2.23. The van der Waals surface area contributed by atoms with Crippen molar-refractivity contribution in [1.29, 1.82) is 0 Å². The molecule has 0 aliphatic carbocycles. The van der Waals surface area contributed by atoms with Crippen LogP contribution in [-0.4, -0.2) is 5.91 Å². The van der Waals surface area contributed by atoms with Crippen LogP contribution in [0.1, 0.15) is 44.4 Å². The number of benzene rings is 1. The number of carbonyl (C=O) groups is 1. The van der Waals surface area contributed by atoms with Crippen LogP contribution in [0.4, 0.5) is 0 Å². The van der Waals surface area contributed by atoms with E-state index in [1.54, 1.807) is 6.92 Å². The molecule has 88 valence electrons. The van der Waals surface area contributed by atoms with Gasteiger partial charge >= 0.3 is 0 Å². The SMILES string of the molecule is CC(=O)NC(CC(C)C)c1ccccc1C. The molecular formula is C14H21NO. The van der Waals surface area contributed by atoms with Crippen molar-refractivity contribution in [2.75, 3.05) is 0 Å². The Kier molecular flexibility index (Phi) is 4.53. The van der Waals surface area contributed by atoms with Crippen LogP contribution >= 0.6 is 0 Å². The fourth-order valence-electron chi connectivity index (χ4n) is 1.96. The third-order valence-electron chi connectivity index (χ3n) is 2.65. The van der Waals surface area contributed by atoms with Gasteiger partial charge in [-0.2, -0.15) is 0 Å². The number of carbonyl (C=O) groups excluding carboxylic acids is 1. The summed E-state index contributed by atoms with van der Waals surface area (Å²) in [6.45, 7) is 8.01. The highest BCUT2D eigenvalue weighted by atomic mass is 16.1. The summed E-state index contributed by atoms with van der Waals surface area (Å²) in [5.41, 5.74) is 2.47. The largest absolute Gasteiger partial charge is 0.350 e. The molecule has 1 atom stereocenters. The van der Waals surface area contributed by atoms with Gasteiger partial charge in [-0.25, -0.2) is 0 Å². The van der Waals surface area contributed by atoms with E-state index in [4.69, 9.17) is 0 Å². The zero-order valence-electron chi connectivity index (χ0n) is 10.6. The first kappa shape index (κ1) is 12.8. The Labute approximate surface area is 98.1 Å². The van der Waals surface area contributed by atoms with E-state index in [0.717, 1.165) is 6.42 Å². The third-order valence-corrected chi connectivity index (χ3v) is 2.65. The van der Waals surface area contributed by atoms with Crippen molar-refractivity contribution >= 4 is 5.91 Å². The summed E-state index contributed by atoms with van der Waals surface area (Å²) in [6.07, 6.45) is 0.977. The molecule has 2 nitrogen and oxygen atoms in total. The highest BCUT2D eigenvalue weighted by molar-refractivity contribution is 5.73.